The van der Waals surface area contributed by atoms with Gasteiger partial charge in [-0.25, -0.2) is 4.79 Å². The number of rotatable bonds is 16. The summed E-state index contributed by atoms with van der Waals surface area (Å²) in [5.74, 6) is -5.01. The van der Waals surface area contributed by atoms with Gasteiger partial charge in [-0.05, 0) is 24.5 Å². The molecule has 2 aromatic rings. The third-order valence-corrected chi connectivity index (χ3v) is 6.24. The summed E-state index contributed by atoms with van der Waals surface area (Å²) >= 11 is 3.89. The van der Waals surface area contributed by atoms with Crippen LogP contribution in [0.2, 0.25) is 0 Å². The average Bonchev–Trinajstić information content (AvgIpc) is 3.30. The predicted molar refractivity (Wildman–Crippen MR) is 151 cm³/mol. The van der Waals surface area contributed by atoms with Gasteiger partial charge >= 0.3 is 5.97 Å². The van der Waals surface area contributed by atoms with E-state index < -0.39 is 60.2 Å². The second-order valence-electron chi connectivity index (χ2n) is 8.99. The Morgan fingerprint density at radius 3 is 2.20 bits per heavy atom. The number of aromatic nitrogens is 1. The Morgan fingerprint density at radius 2 is 1.57 bits per heavy atom. The molecule has 0 saturated carbocycles. The Morgan fingerprint density at radius 1 is 0.950 bits per heavy atom. The van der Waals surface area contributed by atoms with E-state index >= 15 is 0 Å². The zero-order valence-corrected chi connectivity index (χ0v) is 22.5. The van der Waals surface area contributed by atoms with Crippen molar-refractivity contribution in [2.45, 2.75) is 49.9 Å². The molecule has 0 bridgehead atoms. The van der Waals surface area contributed by atoms with Crippen molar-refractivity contribution in [1.29, 1.82) is 0 Å². The number of fused-ring (bicyclic) bond motifs is 1. The summed E-state index contributed by atoms with van der Waals surface area (Å²) in [6.45, 7) is 0.260. The molecule has 2 rings (SSSR count). The maximum atomic E-state index is 13.4. The van der Waals surface area contributed by atoms with Crippen LogP contribution in [0.15, 0.2) is 35.5 Å². The number of carbonyl (C=O) groups is 5. The van der Waals surface area contributed by atoms with Crippen molar-refractivity contribution in [3.8, 4) is 0 Å². The largest absolute Gasteiger partial charge is 0.480 e. The van der Waals surface area contributed by atoms with E-state index in [1.54, 1.807) is 6.20 Å². The van der Waals surface area contributed by atoms with Gasteiger partial charge in [-0.1, -0.05) is 18.2 Å². The highest BCUT2D eigenvalue weighted by Crippen LogP contribution is 2.19. The number of carboxylic acids is 1. The number of benzene rings is 1. The number of nitrogens with two attached hydrogens (primary N) is 4. The molecule has 0 radical (unpaired) electrons. The molecular weight excluding hydrogens is 542 g/mol. The maximum Gasteiger partial charge on any atom is 0.327 e. The van der Waals surface area contributed by atoms with Crippen molar-refractivity contribution in [3.05, 3.63) is 36.0 Å². The van der Waals surface area contributed by atoms with E-state index in [2.05, 4.69) is 38.6 Å². The Balaban J connectivity index is 2.26. The van der Waals surface area contributed by atoms with E-state index in [0.717, 1.165) is 10.9 Å². The van der Waals surface area contributed by atoms with Crippen LogP contribution in [0.4, 0.5) is 0 Å². The van der Waals surface area contributed by atoms with E-state index in [-0.39, 0.29) is 31.1 Å². The summed E-state index contributed by atoms with van der Waals surface area (Å²) < 4.78 is 0. The number of hydrogen-bond donors (Lipinski definition) is 10. The van der Waals surface area contributed by atoms with E-state index in [1.807, 2.05) is 24.3 Å². The first-order valence-corrected chi connectivity index (χ1v) is 12.9. The first-order valence-electron chi connectivity index (χ1n) is 12.3. The average molecular weight is 578 g/mol. The number of H-pyrrole nitrogens is 1. The van der Waals surface area contributed by atoms with Gasteiger partial charge in [-0.2, -0.15) is 12.6 Å². The van der Waals surface area contributed by atoms with Crippen LogP contribution in [0, 0.1) is 0 Å². The monoisotopic (exact) mass is 577 g/mol. The molecule has 4 atom stereocenters. The molecule has 0 aliphatic rings. The topological polar surface area (TPSA) is 274 Å². The minimum absolute atomic E-state index is 0.00160. The zero-order valence-electron chi connectivity index (χ0n) is 21.6. The van der Waals surface area contributed by atoms with Crippen LogP contribution >= 0.6 is 12.6 Å². The molecule has 1 aromatic carbocycles. The zero-order chi connectivity index (χ0) is 29.8. The van der Waals surface area contributed by atoms with E-state index in [1.165, 1.54) is 0 Å². The van der Waals surface area contributed by atoms with Crippen LogP contribution in [0.25, 0.3) is 10.9 Å². The summed E-state index contributed by atoms with van der Waals surface area (Å²) in [6.07, 6.45) is 1.69. The fraction of sp³-hybridized carbons (Fsp3) is 0.417. The summed E-state index contributed by atoms with van der Waals surface area (Å²) in [5, 5.41) is 17.2. The number of aromatic amines is 1. The number of primary amides is 1. The number of nitrogens with zero attached hydrogens (tertiary/aromatic N) is 1. The highest BCUT2D eigenvalue weighted by atomic mass is 32.1. The Hall–Kier alpha value is -4.31. The number of guanidine groups is 1. The summed E-state index contributed by atoms with van der Waals surface area (Å²) in [4.78, 5) is 68.9. The van der Waals surface area contributed by atoms with Gasteiger partial charge in [0, 0.05) is 35.8 Å². The molecule has 16 heteroatoms. The molecular formula is C24H35N9O6S. The number of para-hydroxylation sites is 1. The van der Waals surface area contributed by atoms with Crippen LogP contribution in [0.5, 0.6) is 0 Å². The minimum Gasteiger partial charge on any atom is -0.480 e. The van der Waals surface area contributed by atoms with Crippen molar-refractivity contribution in [3.63, 3.8) is 0 Å². The summed E-state index contributed by atoms with van der Waals surface area (Å²) in [7, 11) is 0. The molecule has 4 amide bonds. The van der Waals surface area contributed by atoms with Gasteiger partial charge < -0.3 is 49.0 Å². The number of aliphatic carboxylic acids is 1. The number of hydrogen-bond acceptors (Lipinski definition) is 8. The molecule has 0 aliphatic heterocycles. The molecule has 0 spiro atoms. The third-order valence-electron chi connectivity index (χ3n) is 5.87. The third kappa shape index (κ3) is 9.77. The molecule has 0 fully saturated rings. The van der Waals surface area contributed by atoms with Gasteiger partial charge in [-0.15, -0.1) is 0 Å². The number of amides is 4. The first-order chi connectivity index (χ1) is 18.9. The van der Waals surface area contributed by atoms with Crippen LogP contribution in [0.1, 0.15) is 24.8 Å². The van der Waals surface area contributed by atoms with Crippen LogP contribution < -0.4 is 38.9 Å². The predicted octanol–water partition coefficient (Wildman–Crippen LogP) is -2.56. The van der Waals surface area contributed by atoms with Crippen molar-refractivity contribution < 1.29 is 29.1 Å². The molecule has 15 nitrogen and oxygen atoms in total. The lowest BCUT2D eigenvalue weighted by Gasteiger charge is -2.24. The van der Waals surface area contributed by atoms with Crippen molar-refractivity contribution in [1.82, 2.24) is 20.9 Å². The van der Waals surface area contributed by atoms with Crippen LogP contribution in [-0.2, 0) is 30.4 Å². The summed E-state index contributed by atoms with van der Waals surface area (Å²) in [5.41, 5.74) is 23.3. The first kappa shape index (κ1) is 31.9. The van der Waals surface area contributed by atoms with Crippen molar-refractivity contribution in [2.75, 3.05) is 12.3 Å². The van der Waals surface area contributed by atoms with Gasteiger partial charge in [0.2, 0.25) is 23.6 Å². The molecule has 0 aliphatic carbocycles. The smallest absolute Gasteiger partial charge is 0.327 e. The second-order valence-corrected chi connectivity index (χ2v) is 9.36. The van der Waals surface area contributed by atoms with Gasteiger partial charge in [0.25, 0.3) is 0 Å². The number of carboxylic acid groups (broad SMARTS) is 1. The molecule has 1 heterocycles. The van der Waals surface area contributed by atoms with Crippen LogP contribution in [-0.4, -0.2) is 82.1 Å². The van der Waals surface area contributed by atoms with Crippen molar-refractivity contribution in [2.24, 2.45) is 27.9 Å². The molecule has 13 N–H and O–H groups in total. The summed E-state index contributed by atoms with van der Waals surface area (Å²) in [6, 6.07) is 2.21. The van der Waals surface area contributed by atoms with Gasteiger partial charge in [0.1, 0.15) is 18.1 Å². The number of aliphatic imine (C=N–C) groups is 1. The fourth-order valence-electron chi connectivity index (χ4n) is 3.80. The Kier molecular flexibility index (Phi) is 12.2. The number of nitrogens with one attached hydrogen (secondary N) is 4. The van der Waals surface area contributed by atoms with Gasteiger partial charge in [0.05, 0.1) is 12.5 Å². The van der Waals surface area contributed by atoms with E-state index in [4.69, 9.17) is 22.9 Å². The minimum atomic E-state index is -1.51. The van der Waals surface area contributed by atoms with Gasteiger partial charge in [-0.3, -0.25) is 24.2 Å². The second kappa shape index (κ2) is 15.3. The number of thiol groups is 1. The van der Waals surface area contributed by atoms with Crippen molar-refractivity contribution >= 4 is 59.1 Å². The van der Waals surface area contributed by atoms with Gasteiger partial charge in [0.15, 0.2) is 5.96 Å². The standard InChI is InChI=1S/C24H35N9O6S/c25-14(5-3-7-29-24(27)28)20(35)31-16(8-12-10-30-15-6-2-1-4-13(12)15)21(36)32-17(9-19(26)34)22(37)33-18(11-40)23(38)39/h1-2,4,6,10,14,16-18,30,40H,3,5,7-9,11,25H2,(H2,26,34)(H,31,35)(H,32,36)(H,33,37)(H,38,39)(H4,27,28,29). The van der Waals surface area contributed by atoms with Crippen LogP contribution in [0.3, 0.4) is 0 Å². The molecule has 4 unspecified atom stereocenters. The Labute approximate surface area is 235 Å². The molecule has 1 aromatic heterocycles. The Bertz CT molecular complexity index is 1250. The molecule has 218 valence electrons. The fourth-order valence-corrected chi connectivity index (χ4v) is 4.05. The van der Waals surface area contributed by atoms with E-state index in [9.17, 15) is 29.1 Å². The highest BCUT2D eigenvalue weighted by Gasteiger charge is 2.31. The number of carbonyl (C=O) groups excluding carboxylic acids is 4. The SMILES string of the molecule is NC(=O)CC(NC(=O)C(Cc1c[nH]c2ccccc12)NC(=O)C(N)CCCN=C(N)N)C(=O)NC(CS)C(=O)O. The van der Waals surface area contributed by atoms with E-state index in [0.29, 0.717) is 12.0 Å². The maximum absolute atomic E-state index is 13.4. The lowest BCUT2D eigenvalue weighted by Crippen LogP contribution is -2.58. The normalized spacial score (nSPS) is 13.8. The molecule has 0 saturated heterocycles. The quantitative estimate of drug-likeness (QED) is 0.0434. The lowest BCUT2D eigenvalue weighted by atomic mass is 10.0. The highest BCUT2D eigenvalue weighted by molar-refractivity contribution is 7.80. The lowest BCUT2D eigenvalue weighted by molar-refractivity contribution is -0.141. The molecule has 40 heavy (non-hydrogen) atoms.